The SMILES string of the molecule is N[C@@H]1CCCN(c2nccn3nc(C(F)(F)F)cc23)C1. The van der Waals surface area contributed by atoms with Crippen molar-refractivity contribution >= 4 is 11.3 Å². The lowest BCUT2D eigenvalue weighted by Gasteiger charge is -2.31. The molecule has 1 fully saturated rings. The van der Waals surface area contributed by atoms with Gasteiger partial charge in [0.1, 0.15) is 5.52 Å². The van der Waals surface area contributed by atoms with E-state index in [4.69, 9.17) is 5.73 Å². The van der Waals surface area contributed by atoms with Crippen LogP contribution in [0.15, 0.2) is 18.5 Å². The smallest absolute Gasteiger partial charge is 0.353 e. The lowest BCUT2D eigenvalue weighted by molar-refractivity contribution is -0.141. The largest absolute Gasteiger partial charge is 0.435 e. The first-order valence-electron chi connectivity index (χ1n) is 6.37. The number of nitrogens with zero attached hydrogens (tertiary/aromatic N) is 4. The Morgan fingerprint density at radius 3 is 2.85 bits per heavy atom. The van der Waals surface area contributed by atoms with E-state index in [9.17, 15) is 13.2 Å². The third-order valence-electron chi connectivity index (χ3n) is 3.42. The van der Waals surface area contributed by atoms with E-state index in [0.717, 1.165) is 25.5 Å². The molecule has 1 aliphatic heterocycles. The summed E-state index contributed by atoms with van der Waals surface area (Å²) in [5.41, 5.74) is 5.36. The van der Waals surface area contributed by atoms with Gasteiger partial charge in [-0.15, -0.1) is 0 Å². The van der Waals surface area contributed by atoms with E-state index in [2.05, 4.69) is 10.1 Å². The number of piperidine rings is 1. The molecule has 2 aromatic heterocycles. The summed E-state index contributed by atoms with van der Waals surface area (Å²) < 4.78 is 39.4. The molecule has 0 radical (unpaired) electrons. The van der Waals surface area contributed by atoms with Gasteiger partial charge < -0.3 is 10.6 Å². The number of halogens is 3. The van der Waals surface area contributed by atoms with Gasteiger partial charge in [0.15, 0.2) is 11.5 Å². The van der Waals surface area contributed by atoms with Crippen LogP contribution in [0.3, 0.4) is 0 Å². The van der Waals surface area contributed by atoms with E-state index in [0.29, 0.717) is 17.9 Å². The molecule has 0 bridgehead atoms. The quantitative estimate of drug-likeness (QED) is 0.866. The van der Waals surface area contributed by atoms with Crippen molar-refractivity contribution in [3.8, 4) is 0 Å². The van der Waals surface area contributed by atoms with Crippen LogP contribution < -0.4 is 10.6 Å². The monoisotopic (exact) mass is 285 g/mol. The third-order valence-corrected chi connectivity index (χ3v) is 3.42. The van der Waals surface area contributed by atoms with Crippen molar-refractivity contribution in [2.75, 3.05) is 18.0 Å². The highest BCUT2D eigenvalue weighted by atomic mass is 19.4. The van der Waals surface area contributed by atoms with E-state index >= 15 is 0 Å². The fourth-order valence-electron chi connectivity index (χ4n) is 2.49. The molecule has 1 atom stereocenters. The second-order valence-corrected chi connectivity index (χ2v) is 4.96. The molecule has 3 rings (SSSR count). The van der Waals surface area contributed by atoms with Crippen molar-refractivity contribution < 1.29 is 13.2 Å². The van der Waals surface area contributed by atoms with Crippen LogP contribution in [0.5, 0.6) is 0 Å². The van der Waals surface area contributed by atoms with Crippen LogP contribution in [0.4, 0.5) is 19.0 Å². The molecular formula is C12H14F3N5. The third kappa shape index (κ3) is 2.31. The maximum Gasteiger partial charge on any atom is 0.435 e. The van der Waals surface area contributed by atoms with Crippen LogP contribution in [-0.4, -0.2) is 33.7 Å². The molecule has 8 heteroatoms. The molecule has 5 nitrogen and oxygen atoms in total. The number of alkyl halides is 3. The van der Waals surface area contributed by atoms with Crippen LogP contribution in [-0.2, 0) is 6.18 Å². The highest BCUT2D eigenvalue weighted by Gasteiger charge is 2.34. The molecule has 1 saturated heterocycles. The van der Waals surface area contributed by atoms with Gasteiger partial charge in [-0.3, -0.25) is 0 Å². The van der Waals surface area contributed by atoms with Crippen molar-refractivity contribution in [3.63, 3.8) is 0 Å². The molecule has 2 N–H and O–H groups in total. The second-order valence-electron chi connectivity index (χ2n) is 4.96. The highest BCUT2D eigenvalue weighted by molar-refractivity contribution is 5.69. The predicted molar refractivity (Wildman–Crippen MR) is 67.4 cm³/mol. The Balaban J connectivity index is 2.04. The van der Waals surface area contributed by atoms with E-state index < -0.39 is 11.9 Å². The van der Waals surface area contributed by atoms with Gasteiger partial charge >= 0.3 is 6.18 Å². The zero-order valence-corrected chi connectivity index (χ0v) is 10.6. The summed E-state index contributed by atoms with van der Waals surface area (Å²) in [7, 11) is 0. The van der Waals surface area contributed by atoms with Gasteiger partial charge in [-0.2, -0.15) is 18.3 Å². The first-order valence-corrected chi connectivity index (χ1v) is 6.37. The maximum atomic E-state index is 12.7. The minimum Gasteiger partial charge on any atom is -0.353 e. The minimum atomic E-state index is -4.46. The highest BCUT2D eigenvalue weighted by Crippen LogP contribution is 2.31. The Bertz CT molecular complexity index is 621. The van der Waals surface area contributed by atoms with Crippen LogP contribution in [0.2, 0.25) is 0 Å². The van der Waals surface area contributed by atoms with Crippen LogP contribution in [0.25, 0.3) is 5.52 Å². The Hall–Kier alpha value is -1.83. The summed E-state index contributed by atoms with van der Waals surface area (Å²) in [5.74, 6) is 0.505. The van der Waals surface area contributed by atoms with Gasteiger partial charge in [0.25, 0.3) is 0 Å². The number of hydrogen-bond donors (Lipinski definition) is 1. The van der Waals surface area contributed by atoms with E-state index in [1.807, 2.05) is 4.90 Å². The molecule has 2 aromatic rings. The standard InChI is InChI=1S/C12H14F3N5/c13-12(14,15)10-6-9-11(17-3-5-20(9)18-10)19-4-1-2-8(16)7-19/h3,5-6,8H,1-2,4,7,16H2/t8-/m1/s1. The Kier molecular flexibility index (Phi) is 3.04. The number of nitrogens with two attached hydrogens (primary N) is 1. The van der Waals surface area contributed by atoms with Crippen LogP contribution >= 0.6 is 0 Å². The van der Waals surface area contributed by atoms with Crippen molar-refractivity contribution in [2.45, 2.75) is 25.1 Å². The molecule has 0 saturated carbocycles. The summed E-state index contributed by atoms with van der Waals surface area (Å²) >= 11 is 0. The number of rotatable bonds is 1. The van der Waals surface area contributed by atoms with Crippen LogP contribution in [0.1, 0.15) is 18.5 Å². The maximum absolute atomic E-state index is 12.7. The molecular weight excluding hydrogens is 271 g/mol. The summed E-state index contributed by atoms with van der Waals surface area (Å²) in [6.45, 7) is 1.34. The second kappa shape index (κ2) is 4.62. The number of fused-ring (bicyclic) bond motifs is 1. The lowest BCUT2D eigenvalue weighted by atomic mass is 10.1. The van der Waals surface area contributed by atoms with Gasteiger partial charge in [-0.1, -0.05) is 0 Å². The normalized spacial score (nSPS) is 20.6. The minimum absolute atomic E-state index is 0.0239. The molecule has 0 aromatic carbocycles. The van der Waals surface area contributed by atoms with Gasteiger partial charge in [0, 0.05) is 37.6 Å². The van der Waals surface area contributed by atoms with Gasteiger partial charge in [-0.25, -0.2) is 9.50 Å². The first-order chi connectivity index (χ1) is 9.45. The fraction of sp³-hybridized carbons (Fsp3) is 0.500. The summed E-state index contributed by atoms with van der Waals surface area (Å²) in [6.07, 6.45) is 0.242. The zero-order chi connectivity index (χ0) is 14.3. The van der Waals surface area contributed by atoms with Gasteiger partial charge in [0.05, 0.1) is 0 Å². The summed E-state index contributed by atoms with van der Waals surface area (Å²) in [4.78, 5) is 6.12. The molecule has 1 aliphatic rings. The average molecular weight is 285 g/mol. The van der Waals surface area contributed by atoms with Crippen LogP contribution in [0, 0.1) is 0 Å². The topological polar surface area (TPSA) is 59.5 Å². The molecule has 0 amide bonds. The molecule has 3 heterocycles. The van der Waals surface area contributed by atoms with E-state index in [-0.39, 0.29) is 6.04 Å². The molecule has 0 spiro atoms. The molecule has 108 valence electrons. The molecule has 0 unspecified atom stereocenters. The lowest BCUT2D eigenvalue weighted by Crippen LogP contribution is -2.43. The Morgan fingerprint density at radius 1 is 1.35 bits per heavy atom. The summed E-state index contributed by atoms with van der Waals surface area (Å²) in [5, 5.41) is 3.55. The molecule has 0 aliphatic carbocycles. The van der Waals surface area contributed by atoms with Crippen molar-refractivity contribution in [1.82, 2.24) is 14.6 Å². The fourth-order valence-corrected chi connectivity index (χ4v) is 2.49. The van der Waals surface area contributed by atoms with Crippen molar-refractivity contribution in [3.05, 3.63) is 24.2 Å². The van der Waals surface area contributed by atoms with Crippen molar-refractivity contribution in [1.29, 1.82) is 0 Å². The zero-order valence-electron chi connectivity index (χ0n) is 10.6. The number of anilines is 1. The molecule has 20 heavy (non-hydrogen) atoms. The van der Waals surface area contributed by atoms with Gasteiger partial charge in [-0.05, 0) is 12.8 Å². The summed E-state index contributed by atoms with van der Waals surface area (Å²) in [6, 6.07) is 1.05. The Labute approximate surface area is 113 Å². The van der Waals surface area contributed by atoms with E-state index in [1.165, 1.54) is 16.9 Å². The average Bonchev–Trinajstić information content (AvgIpc) is 2.82. The Morgan fingerprint density at radius 2 is 2.15 bits per heavy atom. The van der Waals surface area contributed by atoms with Crippen molar-refractivity contribution in [2.24, 2.45) is 5.73 Å². The number of aromatic nitrogens is 3. The van der Waals surface area contributed by atoms with Gasteiger partial charge in [0.2, 0.25) is 0 Å². The predicted octanol–water partition coefficient (Wildman–Crippen LogP) is 1.68. The first kappa shape index (κ1) is 13.2. The number of hydrogen-bond acceptors (Lipinski definition) is 4. The van der Waals surface area contributed by atoms with E-state index in [1.54, 1.807) is 0 Å².